The zero-order valence-electron chi connectivity index (χ0n) is 8.44. The minimum Gasteiger partial charge on any atom is -0.480 e. The van der Waals surface area contributed by atoms with Gasteiger partial charge in [0.25, 0.3) is 0 Å². The monoisotopic (exact) mass is 320 g/mol. The number of hydrogen-bond donors (Lipinski definition) is 1. The molecule has 0 spiro atoms. The Morgan fingerprint density at radius 2 is 2.07 bits per heavy atom. The van der Waals surface area contributed by atoms with Gasteiger partial charge in [-0.2, -0.15) is 0 Å². The van der Waals surface area contributed by atoms with Gasteiger partial charge < -0.3 is 9.84 Å². The van der Waals surface area contributed by atoms with Crippen molar-refractivity contribution in [1.29, 1.82) is 0 Å². The Morgan fingerprint density at radius 3 is 2.60 bits per heavy atom. The van der Waals surface area contributed by atoms with Crippen LogP contribution in [-0.2, 0) is 16.0 Å². The van der Waals surface area contributed by atoms with E-state index in [1.807, 2.05) is 31.2 Å². The van der Waals surface area contributed by atoms with E-state index < -0.39 is 5.97 Å². The second-order valence-corrected chi connectivity index (χ2v) is 4.59. The van der Waals surface area contributed by atoms with Gasteiger partial charge in [-0.1, -0.05) is 12.1 Å². The quantitative estimate of drug-likeness (QED) is 0.847. The molecule has 1 aromatic carbocycles. The van der Waals surface area contributed by atoms with Gasteiger partial charge in [0.2, 0.25) is 0 Å². The Balaban J connectivity index is 2.40. The highest BCUT2D eigenvalue weighted by atomic mass is 127. The Kier molecular flexibility index (Phi) is 5.04. The van der Waals surface area contributed by atoms with Crippen molar-refractivity contribution in [3.05, 3.63) is 33.4 Å². The Labute approximate surface area is 103 Å². The van der Waals surface area contributed by atoms with Gasteiger partial charge in [0.15, 0.2) is 0 Å². The lowest BCUT2D eigenvalue weighted by atomic mass is 10.1. The number of hydrogen-bond acceptors (Lipinski definition) is 2. The van der Waals surface area contributed by atoms with Crippen LogP contribution in [0.4, 0.5) is 0 Å². The summed E-state index contributed by atoms with van der Waals surface area (Å²) in [4.78, 5) is 10.3. The molecule has 0 fully saturated rings. The minimum atomic E-state index is -0.926. The summed E-state index contributed by atoms with van der Waals surface area (Å²) in [5.74, 6) is -0.926. The molecule has 82 valence electrons. The molecular formula is C11H13IO3. The number of halogens is 1. The Morgan fingerprint density at radius 1 is 1.47 bits per heavy atom. The molecule has 15 heavy (non-hydrogen) atoms. The van der Waals surface area contributed by atoms with Crippen LogP contribution >= 0.6 is 22.6 Å². The second-order valence-electron chi connectivity index (χ2n) is 3.35. The van der Waals surface area contributed by atoms with E-state index in [0.29, 0.717) is 0 Å². The number of aliphatic carboxylic acids is 1. The summed E-state index contributed by atoms with van der Waals surface area (Å²) in [7, 11) is 0. The van der Waals surface area contributed by atoms with E-state index in [-0.39, 0.29) is 12.7 Å². The molecular weight excluding hydrogens is 307 g/mol. The van der Waals surface area contributed by atoms with Gasteiger partial charge in [0.1, 0.15) is 6.61 Å². The minimum absolute atomic E-state index is 0.0684. The van der Waals surface area contributed by atoms with Crippen molar-refractivity contribution >= 4 is 28.6 Å². The lowest BCUT2D eigenvalue weighted by Gasteiger charge is -2.11. The highest BCUT2D eigenvalue weighted by molar-refractivity contribution is 14.1. The zero-order valence-corrected chi connectivity index (χ0v) is 10.6. The Hall–Kier alpha value is -0.620. The van der Waals surface area contributed by atoms with E-state index in [1.54, 1.807) is 0 Å². The first-order valence-electron chi connectivity index (χ1n) is 4.66. The summed E-state index contributed by atoms with van der Waals surface area (Å²) in [6.45, 7) is 1.65. The second kappa shape index (κ2) is 6.07. The zero-order chi connectivity index (χ0) is 11.3. The molecule has 0 saturated heterocycles. The maximum absolute atomic E-state index is 10.3. The van der Waals surface area contributed by atoms with Crippen molar-refractivity contribution in [2.45, 2.75) is 19.4 Å². The van der Waals surface area contributed by atoms with Gasteiger partial charge in [-0.15, -0.1) is 0 Å². The van der Waals surface area contributed by atoms with Crippen LogP contribution < -0.4 is 0 Å². The summed E-state index contributed by atoms with van der Waals surface area (Å²) >= 11 is 2.25. The molecule has 0 saturated carbocycles. The number of benzene rings is 1. The van der Waals surface area contributed by atoms with Gasteiger partial charge in [0, 0.05) is 3.57 Å². The first kappa shape index (κ1) is 12.4. The molecule has 0 radical (unpaired) electrons. The maximum Gasteiger partial charge on any atom is 0.329 e. The average Bonchev–Trinajstić information content (AvgIpc) is 2.19. The smallest absolute Gasteiger partial charge is 0.329 e. The predicted molar refractivity (Wildman–Crippen MR) is 65.9 cm³/mol. The van der Waals surface area contributed by atoms with Crippen molar-refractivity contribution in [3.8, 4) is 0 Å². The molecule has 0 aromatic heterocycles. The fourth-order valence-corrected chi connectivity index (χ4v) is 1.58. The number of carboxylic acid groups (broad SMARTS) is 1. The molecule has 1 unspecified atom stereocenters. The van der Waals surface area contributed by atoms with E-state index >= 15 is 0 Å². The molecule has 1 aromatic rings. The van der Waals surface area contributed by atoms with E-state index in [9.17, 15) is 4.79 Å². The van der Waals surface area contributed by atoms with Crippen molar-refractivity contribution in [1.82, 2.24) is 0 Å². The predicted octanol–water partition coefficient (Wildman–Crippen LogP) is 2.32. The molecule has 3 nitrogen and oxygen atoms in total. The maximum atomic E-state index is 10.3. The lowest BCUT2D eigenvalue weighted by molar-refractivity contribution is -0.144. The largest absolute Gasteiger partial charge is 0.480 e. The van der Waals surface area contributed by atoms with Gasteiger partial charge in [-0.3, -0.25) is 0 Å². The van der Waals surface area contributed by atoms with Crippen molar-refractivity contribution in [2.75, 3.05) is 6.61 Å². The highest BCUT2D eigenvalue weighted by Gasteiger charge is 2.06. The van der Waals surface area contributed by atoms with Crippen LogP contribution in [0.15, 0.2) is 24.3 Å². The van der Waals surface area contributed by atoms with Crippen molar-refractivity contribution in [2.24, 2.45) is 0 Å². The summed E-state index contributed by atoms with van der Waals surface area (Å²) in [6, 6.07) is 8.12. The number of ether oxygens (including phenoxy) is 1. The van der Waals surface area contributed by atoms with E-state index in [0.717, 1.165) is 12.0 Å². The molecule has 0 aliphatic heterocycles. The van der Waals surface area contributed by atoms with Crippen LogP contribution in [0.1, 0.15) is 12.5 Å². The van der Waals surface area contributed by atoms with Crippen LogP contribution in [0.2, 0.25) is 0 Å². The summed E-state index contributed by atoms with van der Waals surface area (Å²) in [5, 5.41) is 8.44. The molecule has 0 aliphatic carbocycles. The molecule has 4 heteroatoms. The van der Waals surface area contributed by atoms with Crippen LogP contribution in [0.25, 0.3) is 0 Å². The third-order valence-corrected chi connectivity index (χ3v) is 2.65. The number of carboxylic acids is 1. The van der Waals surface area contributed by atoms with E-state index in [1.165, 1.54) is 3.57 Å². The number of rotatable bonds is 5. The number of carbonyl (C=O) groups is 1. The molecule has 1 rings (SSSR count). The fraction of sp³-hybridized carbons (Fsp3) is 0.364. The molecule has 0 amide bonds. The lowest BCUT2D eigenvalue weighted by Crippen LogP contribution is -2.17. The van der Waals surface area contributed by atoms with E-state index in [2.05, 4.69) is 22.6 Å². The first-order chi connectivity index (χ1) is 7.08. The third-order valence-electron chi connectivity index (χ3n) is 1.93. The average molecular weight is 320 g/mol. The third kappa shape index (κ3) is 5.13. The van der Waals surface area contributed by atoms with Crippen LogP contribution in [0, 0.1) is 3.57 Å². The van der Waals surface area contributed by atoms with Crippen molar-refractivity contribution < 1.29 is 14.6 Å². The van der Waals surface area contributed by atoms with Crippen LogP contribution in [0.3, 0.4) is 0 Å². The van der Waals surface area contributed by atoms with Gasteiger partial charge in [0.05, 0.1) is 6.10 Å². The standard InChI is InChI=1S/C11H13IO3/c1-8(15-7-11(13)14)6-9-2-4-10(12)5-3-9/h2-5,8H,6-7H2,1H3,(H,13,14). The van der Waals surface area contributed by atoms with Gasteiger partial charge in [-0.25, -0.2) is 4.79 Å². The van der Waals surface area contributed by atoms with E-state index in [4.69, 9.17) is 9.84 Å². The summed E-state index contributed by atoms with van der Waals surface area (Å²) in [6.07, 6.45) is 0.672. The first-order valence-corrected chi connectivity index (χ1v) is 5.73. The molecule has 1 N–H and O–H groups in total. The highest BCUT2D eigenvalue weighted by Crippen LogP contribution is 2.09. The topological polar surface area (TPSA) is 46.5 Å². The van der Waals surface area contributed by atoms with Gasteiger partial charge in [-0.05, 0) is 53.6 Å². The van der Waals surface area contributed by atoms with Crippen molar-refractivity contribution in [3.63, 3.8) is 0 Å². The molecule has 0 heterocycles. The Bertz CT molecular complexity index is 321. The molecule has 1 atom stereocenters. The van der Waals surface area contributed by atoms with Crippen LogP contribution in [0.5, 0.6) is 0 Å². The normalized spacial score (nSPS) is 12.4. The molecule has 0 bridgehead atoms. The fourth-order valence-electron chi connectivity index (χ4n) is 1.22. The van der Waals surface area contributed by atoms with Gasteiger partial charge >= 0.3 is 5.97 Å². The van der Waals surface area contributed by atoms with Crippen LogP contribution in [-0.4, -0.2) is 23.8 Å². The SMILES string of the molecule is CC(Cc1ccc(I)cc1)OCC(=O)O. The molecule has 0 aliphatic rings. The summed E-state index contributed by atoms with van der Waals surface area (Å²) < 4.78 is 6.33. The summed E-state index contributed by atoms with van der Waals surface area (Å²) in [5.41, 5.74) is 1.16.